The van der Waals surface area contributed by atoms with E-state index in [1.807, 2.05) is 0 Å². The molecule has 88 valence electrons. The Balaban J connectivity index is 2.85. The van der Waals surface area contributed by atoms with Gasteiger partial charge in [-0.1, -0.05) is 0 Å². The van der Waals surface area contributed by atoms with Crippen LogP contribution in [0.3, 0.4) is 0 Å². The van der Waals surface area contributed by atoms with Gasteiger partial charge in [0.2, 0.25) is 0 Å². The number of rotatable bonds is 5. The van der Waals surface area contributed by atoms with Gasteiger partial charge in [-0.25, -0.2) is 0 Å². The van der Waals surface area contributed by atoms with E-state index in [2.05, 4.69) is 5.32 Å². The molecule has 0 aliphatic heterocycles. The lowest BCUT2D eigenvalue weighted by Gasteiger charge is -2.09. The van der Waals surface area contributed by atoms with Crippen molar-refractivity contribution in [2.24, 2.45) is 0 Å². The van der Waals surface area contributed by atoms with Crippen molar-refractivity contribution >= 4 is 11.6 Å². The summed E-state index contributed by atoms with van der Waals surface area (Å²) in [5, 5.41) is 11.1. The molecule has 0 atom stereocenters. The Morgan fingerprint density at radius 2 is 2.31 bits per heavy atom. The van der Waals surface area contributed by atoms with Crippen LogP contribution in [0.1, 0.15) is 15.9 Å². The second kappa shape index (κ2) is 6.09. The van der Waals surface area contributed by atoms with Crippen molar-refractivity contribution in [2.45, 2.75) is 6.61 Å². The number of nitrogens with two attached hydrogens (primary N) is 1. The van der Waals surface area contributed by atoms with E-state index in [1.54, 1.807) is 25.2 Å². The lowest BCUT2D eigenvalue weighted by molar-refractivity contribution is 0.0800. The quantitative estimate of drug-likeness (QED) is 0.490. The molecule has 0 spiro atoms. The van der Waals surface area contributed by atoms with Crippen LogP contribution in [0.2, 0.25) is 0 Å². The van der Waals surface area contributed by atoms with Crippen molar-refractivity contribution in [3.8, 4) is 0 Å². The average Bonchev–Trinajstić information content (AvgIpc) is 2.29. The molecule has 1 amide bonds. The van der Waals surface area contributed by atoms with E-state index in [4.69, 9.17) is 15.6 Å². The summed E-state index contributed by atoms with van der Waals surface area (Å²) < 4.78 is 5.17. The Morgan fingerprint density at radius 3 is 2.94 bits per heavy atom. The molecule has 0 bridgehead atoms. The molecule has 0 fully saturated rings. The number of hydrogen-bond acceptors (Lipinski definition) is 4. The number of hydrogen-bond donors (Lipinski definition) is 3. The minimum atomic E-state index is -0.178. The normalized spacial score (nSPS) is 10.1. The van der Waals surface area contributed by atoms with Gasteiger partial charge in [0.1, 0.15) is 0 Å². The van der Waals surface area contributed by atoms with Gasteiger partial charge < -0.3 is 20.9 Å². The molecule has 5 heteroatoms. The zero-order valence-electron chi connectivity index (χ0n) is 9.19. The fourth-order valence-corrected chi connectivity index (χ4v) is 1.34. The molecular weight excluding hydrogens is 208 g/mol. The first-order valence-corrected chi connectivity index (χ1v) is 4.98. The summed E-state index contributed by atoms with van der Waals surface area (Å²) in [4.78, 5) is 11.5. The van der Waals surface area contributed by atoms with Crippen molar-refractivity contribution in [3.05, 3.63) is 29.3 Å². The zero-order chi connectivity index (χ0) is 12.0. The van der Waals surface area contributed by atoms with Crippen LogP contribution in [0.4, 0.5) is 5.69 Å². The monoisotopic (exact) mass is 224 g/mol. The highest BCUT2D eigenvalue weighted by molar-refractivity contribution is 5.95. The average molecular weight is 224 g/mol. The number of nitrogens with one attached hydrogen (secondary N) is 1. The van der Waals surface area contributed by atoms with Crippen LogP contribution in [-0.4, -0.2) is 31.3 Å². The predicted molar refractivity (Wildman–Crippen MR) is 61.0 cm³/mol. The van der Waals surface area contributed by atoms with Crippen molar-refractivity contribution < 1.29 is 14.6 Å². The maximum atomic E-state index is 11.5. The highest BCUT2D eigenvalue weighted by Gasteiger charge is 2.09. The lowest BCUT2D eigenvalue weighted by Crippen LogP contribution is -2.20. The van der Waals surface area contributed by atoms with E-state index in [9.17, 15) is 4.79 Å². The number of amides is 1. The highest BCUT2D eigenvalue weighted by atomic mass is 16.5. The standard InChI is InChI=1S/C11H16N2O3/c1-13-11(15)10-3-2-9(12)6-8(10)7-16-5-4-14/h2-3,6,14H,4-5,7,12H2,1H3,(H,13,15). The Morgan fingerprint density at radius 1 is 1.56 bits per heavy atom. The van der Waals surface area contributed by atoms with E-state index in [1.165, 1.54) is 0 Å². The molecule has 16 heavy (non-hydrogen) atoms. The van der Waals surface area contributed by atoms with Crippen molar-refractivity contribution in [1.82, 2.24) is 5.32 Å². The minimum absolute atomic E-state index is 0.0440. The molecule has 0 saturated carbocycles. The number of benzene rings is 1. The van der Waals surface area contributed by atoms with Crippen LogP contribution in [-0.2, 0) is 11.3 Å². The fourth-order valence-electron chi connectivity index (χ4n) is 1.34. The second-order valence-corrected chi connectivity index (χ2v) is 3.27. The minimum Gasteiger partial charge on any atom is -0.399 e. The van der Waals surface area contributed by atoms with E-state index in [0.717, 1.165) is 0 Å². The molecule has 5 nitrogen and oxygen atoms in total. The smallest absolute Gasteiger partial charge is 0.251 e. The summed E-state index contributed by atoms with van der Waals surface area (Å²) in [5.74, 6) is -0.178. The predicted octanol–water partition coefficient (Wildman–Crippen LogP) is 0.137. The van der Waals surface area contributed by atoms with Gasteiger partial charge in [0, 0.05) is 18.3 Å². The number of carbonyl (C=O) groups excluding carboxylic acids is 1. The summed E-state index contributed by atoms with van der Waals surface area (Å²) in [7, 11) is 1.57. The zero-order valence-corrected chi connectivity index (χ0v) is 9.19. The SMILES string of the molecule is CNC(=O)c1ccc(N)cc1COCCO. The third-order valence-corrected chi connectivity index (χ3v) is 2.09. The van der Waals surface area contributed by atoms with Crippen molar-refractivity contribution in [1.29, 1.82) is 0 Å². The first kappa shape index (κ1) is 12.5. The molecule has 0 saturated heterocycles. The molecule has 0 unspecified atom stereocenters. The van der Waals surface area contributed by atoms with Gasteiger partial charge in [0.15, 0.2) is 0 Å². The van der Waals surface area contributed by atoms with E-state index in [-0.39, 0.29) is 25.7 Å². The van der Waals surface area contributed by atoms with Crippen molar-refractivity contribution in [2.75, 3.05) is 26.0 Å². The van der Waals surface area contributed by atoms with E-state index >= 15 is 0 Å². The number of aliphatic hydroxyl groups excluding tert-OH is 1. The summed E-state index contributed by atoms with van der Waals surface area (Å²) >= 11 is 0. The van der Waals surface area contributed by atoms with Crippen LogP contribution in [0.5, 0.6) is 0 Å². The number of carbonyl (C=O) groups is 1. The molecule has 4 N–H and O–H groups in total. The summed E-state index contributed by atoms with van der Waals surface area (Å²) in [6.45, 7) is 0.452. The third-order valence-electron chi connectivity index (χ3n) is 2.09. The number of aliphatic hydroxyl groups is 1. The van der Waals surface area contributed by atoms with Crippen LogP contribution in [0.25, 0.3) is 0 Å². The van der Waals surface area contributed by atoms with Crippen LogP contribution in [0, 0.1) is 0 Å². The second-order valence-electron chi connectivity index (χ2n) is 3.27. The van der Waals surface area contributed by atoms with Crippen LogP contribution < -0.4 is 11.1 Å². The maximum absolute atomic E-state index is 11.5. The van der Waals surface area contributed by atoms with E-state index in [0.29, 0.717) is 16.8 Å². The molecule has 0 aliphatic rings. The maximum Gasteiger partial charge on any atom is 0.251 e. The summed E-state index contributed by atoms with van der Waals surface area (Å²) in [5.41, 5.74) is 7.47. The molecule has 1 rings (SSSR count). The Labute approximate surface area is 94.2 Å². The fraction of sp³-hybridized carbons (Fsp3) is 0.364. The third kappa shape index (κ3) is 3.22. The van der Waals surface area contributed by atoms with Gasteiger partial charge in [0.05, 0.1) is 19.8 Å². The van der Waals surface area contributed by atoms with Crippen molar-refractivity contribution in [3.63, 3.8) is 0 Å². The lowest BCUT2D eigenvalue weighted by atomic mass is 10.1. The van der Waals surface area contributed by atoms with E-state index < -0.39 is 0 Å². The molecular formula is C11H16N2O3. The first-order chi connectivity index (χ1) is 7.69. The van der Waals surface area contributed by atoms with Crippen LogP contribution >= 0.6 is 0 Å². The van der Waals surface area contributed by atoms with Gasteiger partial charge in [0.25, 0.3) is 5.91 Å². The molecule has 0 aromatic heterocycles. The van der Waals surface area contributed by atoms with Gasteiger partial charge in [-0.05, 0) is 23.8 Å². The molecule has 0 aliphatic carbocycles. The first-order valence-electron chi connectivity index (χ1n) is 4.98. The van der Waals surface area contributed by atoms with Gasteiger partial charge in [-0.3, -0.25) is 4.79 Å². The highest BCUT2D eigenvalue weighted by Crippen LogP contribution is 2.14. The van der Waals surface area contributed by atoms with Crippen LogP contribution in [0.15, 0.2) is 18.2 Å². The molecule has 1 aromatic rings. The summed E-state index contributed by atoms with van der Waals surface area (Å²) in [6, 6.07) is 5.02. The number of ether oxygens (including phenoxy) is 1. The Bertz CT molecular complexity index is 366. The van der Waals surface area contributed by atoms with Gasteiger partial charge >= 0.3 is 0 Å². The molecule has 0 heterocycles. The Kier molecular flexibility index (Phi) is 4.75. The van der Waals surface area contributed by atoms with Gasteiger partial charge in [-0.15, -0.1) is 0 Å². The number of nitrogen functional groups attached to an aromatic ring is 1. The van der Waals surface area contributed by atoms with Gasteiger partial charge in [-0.2, -0.15) is 0 Å². The number of anilines is 1. The topological polar surface area (TPSA) is 84.6 Å². The largest absolute Gasteiger partial charge is 0.399 e. The summed E-state index contributed by atoms with van der Waals surface area (Å²) in [6.07, 6.45) is 0. The Hall–Kier alpha value is -1.59. The molecule has 0 radical (unpaired) electrons. The molecule has 1 aromatic carbocycles.